The van der Waals surface area contributed by atoms with Crippen molar-refractivity contribution < 1.29 is 4.92 Å². The minimum atomic E-state index is -0.394. The van der Waals surface area contributed by atoms with Crippen LogP contribution in [-0.4, -0.2) is 34.4 Å². The number of halogens is 1. The van der Waals surface area contributed by atoms with Crippen molar-refractivity contribution in [1.29, 1.82) is 0 Å². The van der Waals surface area contributed by atoms with Crippen LogP contribution in [0.4, 0.5) is 5.69 Å². The summed E-state index contributed by atoms with van der Waals surface area (Å²) in [6.07, 6.45) is 0. The molecule has 136 valence electrons. The molecule has 0 atom stereocenters. The normalized spacial score (nSPS) is 10.9. The highest BCUT2D eigenvalue weighted by Gasteiger charge is 2.09. The average Bonchev–Trinajstić information content (AvgIpc) is 2.96. The highest BCUT2D eigenvalue weighted by molar-refractivity contribution is 14.0. The van der Waals surface area contributed by atoms with Crippen molar-refractivity contribution in [2.45, 2.75) is 26.9 Å². The third kappa shape index (κ3) is 6.58. The summed E-state index contributed by atoms with van der Waals surface area (Å²) in [5.41, 5.74) is 1.89. The zero-order chi connectivity index (χ0) is 17.5. The molecule has 0 unspecified atom stereocenters. The summed E-state index contributed by atoms with van der Waals surface area (Å²) in [6, 6.07) is 6.55. The summed E-state index contributed by atoms with van der Waals surface area (Å²) in [6.45, 7) is 5.77. The Balaban J connectivity index is 0.00000312. The number of non-ortho nitro benzene ring substituents is 1. The van der Waals surface area contributed by atoms with Gasteiger partial charge in [-0.25, -0.2) is 9.98 Å². The summed E-state index contributed by atoms with van der Waals surface area (Å²) < 4.78 is 0. The predicted molar refractivity (Wildman–Crippen MR) is 112 cm³/mol. The van der Waals surface area contributed by atoms with Gasteiger partial charge in [-0.05, 0) is 19.4 Å². The number of hydrogen-bond acceptors (Lipinski definition) is 5. The van der Waals surface area contributed by atoms with E-state index in [2.05, 4.69) is 15.3 Å². The Labute approximate surface area is 168 Å². The maximum absolute atomic E-state index is 10.9. The lowest BCUT2D eigenvalue weighted by molar-refractivity contribution is -0.384. The van der Waals surface area contributed by atoms with E-state index in [1.165, 1.54) is 6.07 Å². The second-order valence-corrected chi connectivity index (χ2v) is 6.37. The number of aliphatic imine (C=N–C) groups is 1. The molecular weight excluding hydrogens is 453 g/mol. The number of guanidine groups is 1. The molecule has 0 aliphatic heterocycles. The SMILES string of the molecule is CCNC(=NCc1cccc([N+](=O)[O-])c1)N(C)Cc1csc(C)n1.I. The zero-order valence-corrected chi connectivity index (χ0v) is 17.6. The molecule has 2 aromatic rings. The first-order valence-electron chi connectivity index (χ1n) is 7.63. The van der Waals surface area contributed by atoms with Crippen molar-refractivity contribution in [2.75, 3.05) is 13.6 Å². The van der Waals surface area contributed by atoms with E-state index in [4.69, 9.17) is 0 Å². The van der Waals surface area contributed by atoms with Crippen molar-refractivity contribution in [3.05, 3.63) is 56.0 Å². The third-order valence-electron chi connectivity index (χ3n) is 3.29. The Morgan fingerprint density at radius 2 is 2.24 bits per heavy atom. The van der Waals surface area contributed by atoms with Crippen LogP contribution in [0.2, 0.25) is 0 Å². The van der Waals surface area contributed by atoms with Gasteiger partial charge in [-0.15, -0.1) is 35.3 Å². The van der Waals surface area contributed by atoms with Crippen LogP contribution in [0.3, 0.4) is 0 Å². The number of benzene rings is 1. The number of hydrogen-bond donors (Lipinski definition) is 1. The van der Waals surface area contributed by atoms with Crippen LogP contribution in [-0.2, 0) is 13.1 Å². The number of nitro benzene ring substituents is 1. The number of nitro groups is 1. The Bertz CT molecular complexity index is 735. The number of thiazole rings is 1. The molecule has 0 spiro atoms. The van der Waals surface area contributed by atoms with Crippen LogP contribution in [0.15, 0.2) is 34.6 Å². The summed E-state index contributed by atoms with van der Waals surface area (Å²) in [5, 5.41) is 17.2. The molecule has 0 amide bonds. The van der Waals surface area contributed by atoms with E-state index >= 15 is 0 Å². The molecule has 0 radical (unpaired) electrons. The molecule has 0 aliphatic carbocycles. The fraction of sp³-hybridized carbons (Fsp3) is 0.375. The second-order valence-electron chi connectivity index (χ2n) is 5.31. The maximum atomic E-state index is 10.9. The number of aryl methyl sites for hydroxylation is 1. The molecule has 7 nitrogen and oxygen atoms in total. The van der Waals surface area contributed by atoms with Crippen molar-refractivity contribution in [3.63, 3.8) is 0 Å². The van der Waals surface area contributed by atoms with Gasteiger partial charge < -0.3 is 10.2 Å². The first-order chi connectivity index (χ1) is 11.5. The van der Waals surface area contributed by atoms with Gasteiger partial charge in [-0.2, -0.15) is 0 Å². The summed E-state index contributed by atoms with van der Waals surface area (Å²) in [7, 11) is 1.95. The third-order valence-corrected chi connectivity index (χ3v) is 4.12. The van der Waals surface area contributed by atoms with E-state index in [9.17, 15) is 10.1 Å². The molecule has 0 saturated heterocycles. The molecule has 0 bridgehead atoms. The van der Waals surface area contributed by atoms with Gasteiger partial charge in [0.2, 0.25) is 0 Å². The minimum absolute atomic E-state index is 0. The standard InChI is InChI=1S/C16H21N5O2S.HI/c1-4-17-16(20(3)10-14-11-24-12(2)19-14)18-9-13-6-5-7-15(8-13)21(22)23;/h5-8,11H,4,9-10H2,1-3H3,(H,17,18);1H. The molecule has 0 aliphatic rings. The van der Waals surface area contributed by atoms with Crippen molar-refractivity contribution in [3.8, 4) is 0 Å². The first kappa shape index (κ1) is 21.3. The van der Waals surface area contributed by atoms with Crippen LogP contribution < -0.4 is 5.32 Å². The first-order valence-corrected chi connectivity index (χ1v) is 8.51. The van der Waals surface area contributed by atoms with Crippen molar-refractivity contribution >= 4 is 47.0 Å². The highest BCUT2D eigenvalue weighted by Crippen LogP contribution is 2.14. The lowest BCUT2D eigenvalue weighted by Crippen LogP contribution is -2.38. The highest BCUT2D eigenvalue weighted by atomic mass is 127. The molecule has 0 fully saturated rings. The Morgan fingerprint density at radius 1 is 1.48 bits per heavy atom. The van der Waals surface area contributed by atoms with E-state index in [1.54, 1.807) is 23.5 Å². The number of nitrogens with one attached hydrogen (secondary N) is 1. The summed E-state index contributed by atoms with van der Waals surface area (Å²) in [4.78, 5) is 21.5. The topological polar surface area (TPSA) is 83.7 Å². The van der Waals surface area contributed by atoms with Gasteiger partial charge in [0, 0.05) is 31.1 Å². The summed E-state index contributed by atoms with van der Waals surface area (Å²) >= 11 is 1.62. The van der Waals surface area contributed by atoms with Crippen LogP contribution in [0.5, 0.6) is 0 Å². The number of nitrogens with zero attached hydrogens (tertiary/aromatic N) is 4. The lowest BCUT2D eigenvalue weighted by atomic mass is 10.2. The van der Waals surface area contributed by atoms with Crippen LogP contribution in [0, 0.1) is 17.0 Å². The molecule has 9 heteroatoms. The zero-order valence-electron chi connectivity index (χ0n) is 14.4. The average molecular weight is 475 g/mol. The lowest BCUT2D eigenvalue weighted by Gasteiger charge is -2.21. The van der Waals surface area contributed by atoms with E-state index in [0.717, 1.165) is 28.8 Å². The number of rotatable bonds is 6. The van der Waals surface area contributed by atoms with Gasteiger partial charge in [0.15, 0.2) is 5.96 Å². The monoisotopic (exact) mass is 475 g/mol. The van der Waals surface area contributed by atoms with Crippen LogP contribution in [0.25, 0.3) is 0 Å². The molecule has 2 rings (SSSR count). The van der Waals surface area contributed by atoms with Gasteiger partial charge >= 0.3 is 0 Å². The van der Waals surface area contributed by atoms with Crippen molar-refractivity contribution in [2.24, 2.45) is 4.99 Å². The van der Waals surface area contributed by atoms with Crippen molar-refractivity contribution in [1.82, 2.24) is 15.2 Å². The van der Waals surface area contributed by atoms with E-state index in [-0.39, 0.29) is 29.7 Å². The smallest absolute Gasteiger partial charge is 0.269 e. The van der Waals surface area contributed by atoms with E-state index in [0.29, 0.717) is 13.1 Å². The molecule has 1 N–H and O–H groups in total. The molecule has 1 heterocycles. The Kier molecular flexibility index (Phi) is 8.76. The molecule has 1 aromatic carbocycles. The second kappa shape index (κ2) is 10.3. The van der Waals surface area contributed by atoms with Gasteiger partial charge in [0.05, 0.1) is 28.7 Å². The van der Waals surface area contributed by atoms with Gasteiger partial charge in [0.1, 0.15) is 0 Å². The molecule has 1 aromatic heterocycles. The predicted octanol–water partition coefficient (Wildman–Crippen LogP) is 3.58. The van der Waals surface area contributed by atoms with E-state index in [1.807, 2.05) is 37.2 Å². The molecule has 25 heavy (non-hydrogen) atoms. The Hall–Kier alpha value is -1.75. The van der Waals surface area contributed by atoms with Gasteiger partial charge in [-0.3, -0.25) is 10.1 Å². The van der Waals surface area contributed by atoms with Crippen LogP contribution >= 0.6 is 35.3 Å². The van der Waals surface area contributed by atoms with Crippen LogP contribution in [0.1, 0.15) is 23.2 Å². The van der Waals surface area contributed by atoms with E-state index < -0.39 is 4.92 Å². The largest absolute Gasteiger partial charge is 0.357 e. The minimum Gasteiger partial charge on any atom is -0.357 e. The number of aromatic nitrogens is 1. The molecular formula is C16H22IN5O2S. The fourth-order valence-electron chi connectivity index (χ4n) is 2.20. The van der Waals surface area contributed by atoms with Gasteiger partial charge in [-0.1, -0.05) is 12.1 Å². The summed E-state index contributed by atoms with van der Waals surface area (Å²) in [5.74, 6) is 0.745. The fourth-order valence-corrected chi connectivity index (χ4v) is 2.81. The quantitative estimate of drug-likeness (QED) is 0.227. The van der Waals surface area contributed by atoms with Gasteiger partial charge in [0.25, 0.3) is 5.69 Å². The molecule has 0 saturated carbocycles. The maximum Gasteiger partial charge on any atom is 0.269 e. The Morgan fingerprint density at radius 3 is 2.84 bits per heavy atom.